The van der Waals surface area contributed by atoms with E-state index in [0.717, 1.165) is 29.7 Å². The Morgan fingerprint density at radius 2 is 1.84 bits per heavy atom. The fourth-order valence-electron chi connectivity index (χ4n) is 4.91. The van der Waals surface area contributed by atoms with Crippen molar-refractivity contribution in [2.45, 2.75) is 63.7 Å². The number of allylic oxidation sites excluding steroid dienone is 2. The molecule has 3 atom stereocenters. The van der Waals surface area contributed by atoms with Crippen LogP contribution in [0, 0.1) is 0 Å². The second-order valence-electron chi connectivity index (χ2n) is 9.84. The van der Waals surface area contributed by atoms with Gasteiger partial charge in [0.1, 0.15) is 6.04 Å². The highest BCUT2D eigenvalue weighted by Crippen LogP contribution is 2.22. The molecule has 1 saturated heterocycles. The van der Waals surface area contributed by atoms with Gasteiger partial charge >= 0.3 is 0 Å². The number of nitrogens with zero attached hydrogens (tertiary/aromatic N) is 2. The lowest BCUT2D eigenvalue weighted by atomic mass is 9.94. The molecule has 198 valence electrons. The molecule has 38 heavy (non-hydrogen) atoms. The number of ketones is 2. The average Bonchev–Trinajstić information content (AvgIpc) is 3.28. The van der Waals surface area contributed by atoms with Crippen molar-refractivity contribution in [1.29, 1.82) is 0 Å². The van der Waals surface area contributed by atoms with Crippen LogP contribution in [0.4, 0.5) is 0 Å². The summed E-state index contributed by atoms with van der Waals surface area (Å²) in [5, 5.41) is 6.57. The van der Waals surface area contributed by atoms with Crippen LogP contribution in [-0.4, -0.2) is 57.9 Å². The third kappa shape index (κ3) is 7.32. The minimum atomic E-state index is -0.541. The van der Waals surface area contributed by atoms with Gasteiger partial charge in [-0.05, 0) is 74.6 Å². The number of nitrogens with one attached hydrogen (secondary N) is 2. The predicted molar refractivity (Wildman–Crippen MR) is 144 cm³/mol. The van der Waals surface area contributed by atoms with E-state index in [2.05, 4.69) is 15.6 Å². The van der Waals surface area contributed by atoms with Crippen molar-refractivity contribution in [3.8, 4) is 0 Å². The van der Waals surface area contributed by atoms with Gasteiger partial charge in [0.15, 0.2) is 0 Å². The lowest BCUT2D eigenvalue weighted by Gasteiger charge is -2.28. The second-order valence-corrected chi connectivity index (χ2v) is 9.84. The molecule has 3 unspecified atom stereocenters. The number of carbonyl (C=O) groups is 4. The lowest BCUT2D eigenvalue weighted by molar-refractivity contribution is -0.136. The fraction of sp³-hybridized carbons (Fsp3) is 0.367. The molecule has 0 spiro atoms. The molecule has 0 radical (unpaired) electrons. The van der Waals surface area contributed by atoms with Gasteiger partial charge in [0.2, 0.25) is 23.4 Å². The summed E-state index contributed by atoms with van der Waals surface area (Å²) in [5.41, 5.74) is 2.71. The first-order chi connectivity index (χ1) is 18.4. The number of pyridine rings is 1. The number of amides is 2. The van der Waals surface area contributed by atoms with E-state index in [1.165, 1.54) is 12.2 Å². The molecule has 4 rings (SSSR count). The first kappa shape index (κ1) is 27.1. The molecule has 1 fully saturated rings. The molecule has 1 aliphatic carbocycles. The molecule has 2 aliphatic rings. The molecule has 1 aromatic carbocycles. The van der Waals surface area contributed by atoms with Gasteiger partial charge < -0.3 is 15.5 Å². The summed E-state index contributed by atoms with van der Waals surface area (Å²) in [7, 11) is 0. The molecule has 2 heterocycles. The third-order valence-electron chi connectivity index (χ3n) is 6.90. The minimum absolute atomic E-state index is 0.0187. The smallest absolute Gasteiger partial charge is 0.243 e. The highest BCUT2D eigenvalue weighted by Gasteiger charge is 2.36. The van der Waals surface area contributed by atoms with Crippen LogP contribution >= 0.6 is 0 Å². The van der Waals surface area contributed by atoms with Crippen LogP contribution in [0.2, 0.25) is 0 Å². The highest BCUT2D eigenvalue weighted by atomic mass is 16.2. The third-order valence-corrected chi connectivity index (χ3v) is 6.90. The Bertz CT molecular complexity index is 1210. The van der Waals surface area contributed by atoms with Gasteiger partial charge in [-0.2, -0.15) is 0 Å². The zero-order valence-corrected chi connectivity index (χ0v) is 21.6. The molecule has 1 aromatic heterocycles. The van der Waals surface area contributed by atoms with E-state index >= 15 is 0 Å². The van der Waals surface area contributed by atoms with Gasteiger partial charge in [0, 0.05) is 36.9 Å². The summed E-state index contributed by atoms with van der Waals surface area (Å²) in [6.45, 7) is 3.00. The van der Waals surface area contributed by atoms with Crippen LogP contribution in [0.15, 0.2) is 78.5 Å². The number of benzene rings is 1. The Kier molecular flexibility index (Phi) is 9.32. The first-order valence-electron chi connectivity index (χ1n) is 13.2. The van der Waals surface area contributed by atoms with Gasteiger partial charge in [-0.1, -0.05) is 42.5 Å². The Morgan fingerprint density at radius 3 is 2.58 bits per heavy atom. The molecule has 2 aromatic rings. The predicted octanol–water partition coefficient (Wildman–Crippen LogP) is 2.69. The molecule has 8 heteroatoms. The minimum Gasteiger partial charge on any atom is -0.352 e. The van der Waals surface area contributed by atoms with Crippen molar-refractivity contribution >= 4 is 23.4 Å². The van der Waals surface area contributed by atoms with Crippen molar-refractivity contribution in [1.82, 2.24) is 20.5 Å². The van der Waals surface area contributed by atoms with E-state index < -0.39 is 17.6 Å². The normalized spacial score (nSPS) is 18.9. The zero-order chi connectivity index (χ0) is 26.9. The van der Waals surface area contributed by atoms with Gasteiger partial charge in [0.25, 0.3) is 0 Å². The van der Waals surface area contributed by atoms with E-state index in [1.807, 2.05) is 55.5 Å². The van der Waals surface area contributed by atoms with E-state index in [1.54, 1.807) is 17.2 Å². The number of likely N-dealkylation sites (tertiary alicyclic amines) is 1. The van der Waals surface area contributed by atoms with Crippen LogP contribution in [0.5, 0.6) is 0 Å². The molecule has 0 bridgehead atoms. The van der Waals surface area contributed by atoms with Gasteiger partial charge in [-0.15, -0.1) is 0 Å². The van der Waals surface area contributed by atoms with Crippen LogP contribution in [-0.2, 0) is 32.1 Å². The molecular formula is C30H34N4O4. The standard InChI is InChI=1S/C30H34N4O4/c1-21(33-30(38)26-13-15-29(37)34(26)20-22-8-3-2-4-9-22)18-25(23-12-14-27(35)28(36)19-23)32-17-7-11-24-10-5-6-16-31-24/h2-6,8-10,12,14,16,19,21,25-26,32H,7,11,13,15,17-18,20H2,1H3,(H,33,38). The molecule has 2 amide bonds. The lowest BCUT2D eigenvalue weighted by Crippen LogP contribution is -2.48. The maximum absolute atomic E-state index is 13.2. The summed E-state index contributed by atoms with van der Waals surface area (Å²) in [4.78, 5) is 55.5. The summed E-state index contributed by atoms with van der Waals surface area (Å²) in [6.07, 6.45) is 9.15. The van der Waals surface area contributed by atoms with Gasteiger partial charge in [-0.3, -0.25) is 24.2 Å². The molecule has 1 aliphatic heterocycles. The van der Waals surface area contributed by atoms with Crippen molar-refractivity contribution < 1.29 is 19.2 Å². The zero-order valence-electron chi connectivity index (χ0n) is 21.6. The SMILES string of the molecule is CC(CC(NCCCc1ccccn1)C1=CC(=O)C(=O)C=C1)NC(=O)C1CCC(=O)N1Cc1ccccc1. The van der Waals surface area contributed by atoms with Crippen molar-refractivity contribution in [3.63, 3.8) is 0 Å². The summed E-state index contributed by atoms with van der Waals surface area (Å²) < 4.78 is 0. The first-order valence-corrected chi connectivity index (χ1v) is 13.2. The Morgan fingerprint density at radius 1 is 1.05 bits per heavy atom. The number of carbonyl (C=O) groups excluding carboxylic acids is 4. The maximum Gasteiger partial charge on any atom is 0.243 e. The summed E-state index contributed by atoms with van der Waals surface area (Å²) in [5.74, 6) is -1.27. The van der Waals surface area contributed by atoms with Gasteiger partial charge in [0.05, 0.1) is 0 Å². The van der Waals surface area contributed by atoms with E-state index in [0.29, 0.717) is 32.4 Å². The average molecular weight is 515 g/mol. The summed E-state index contributed by atoms with van der Waals surface area (Å²) in [6, 6.07) is 14.5. The van der Waals surface area contributed by atoms with Crippen LogP contribution in [0.1, 0.15) is 43.9 Å². The summed E-state index contributed by atoms with van der Waals surface area (Å²) >= 11 is 0. The molecule has 0 saturated carbocycles. The second kappa shape index (κ2) is 13.1. The van der Waals surface area contributed by atoms with Crippen molar-refractivity contribution in [2.24, 2.45) is 0 Å². The van der Waals surface area contributed by atoms with Gasteiger partial charge in [-0.25, -0.2) is 0 Å². The number of rotatable bonds is 12. The Labute approximate surface area is 223 Å². The number of aromatic nitrogens is 1. The molecule has 8 nitrogen and oxygen atoms in total. The number of aryl methyl sites for hydroxylation is 1. The largest absolute Gasteiger partial charge is 0.352 e. The monoisotopic (exact) mass is 514 g/mol. The molecule has 2 N–H and O–H groups in total. The van der Waals surface area contributed by atoms with E-state index in [-0.39, 0.29) is 23.9 Å². The Hall–Kier alpha value is -3.91. The Balaban J connectivity index is 1.36. The topological polar surface area (TPSA) is 108 Å². The van der Waals surface area contributed by atoms with Crippen molar-refractivity contribution in [3.05, 3.63) is 89.8 Å². The quantitative estimate of drug-likeness (QED) is 0.256. The van der Waals surface area contributed by atoms with Crippen LogP contribution in [0.25, 0.3) is 0 Å². The number of hydrogen-bond acceptors (Lipinski definition) is 6. The van der Waals surface area contributed by atoms with Crippen LogP contribution < -0.4 is 10.6 Å². The van der Waals surface area contributed by atoms with E-state index in [9.17, 15) is 19.2 Å². The highest BCUT2D eigenvalue weighted by molar-refractivity contribution is 6.46. The van der Waals surface area contributed by atoms with Crippen molar-refractivity contribution in [2.75, 3.05) is 6.54 Å². The fourth-order valence-corrected chi connectivity index (χ4v) is 4.91. The molecular weight excluding hydrogens is 480 g/mol. The van der Waals surface area contributed by atoms with E-state index in [4.69, 9.17) is 0 Å². The maximum atomic E-state index is 13.2. The van der Waals surface area contributed by atoms with Crippen LogP contribution in [0.3, 0.4) is 0 Å². The number of hydrogen-bond donors (Lipinski definition) is 2.